The van der Waals surface area contributed by atoms with Gasteiger partial charge in [-0.25, -0.2) is 9.78 Å². The maximum Gasteiger partial charge on any atom is 0.358 e. The smallest absolute Gasteiger partial charge is 0.358 e. The van der Waals surface area contributed by atoms with Crippen molar-refractivity contribution < 1.29 is 9.90 Å². The summed E-state index contributed by atoms with van der Waals surface area (Å²) in [5, 5.41) is 17.8. The molecule has 3 aromatic rings. The lowest BCUT2D eigenvalue weighted by Gasteiger charge is -2.02. The van der Waals surface area contributed by atoms with Gasteiger partial charge in [0.1, 0.15) is 5.65 Å². The second-order valence-electron chi connectivity index (χ2n) is 5.13. The highest BCUT2D eigenvalue weighted by Crippen LogP contribution is 2.27. The van der Waals surface area contributed by atoms with Gasteiger partial charge in [0.2, 0.25) is 0 Å². The van der Waals surface area contributed by atoms with E-state index in [0.29, 0.717) is 5.65 Å². The Morgan fingerprint density at radius 1 is 1.17 bits per heavy atom. The molecule has 0 aliphatic carbocycles. The van der Waals surface area contributed by atoms with Crippen molar-refractivity contribution in [3.8, 4) is 0 Å². The minimum Gasteiger partial charge on any atom is -0.476 e. The number of aromatic carboxylic acids is 1. The van der Waals surface area contributed by atoms with Crippen LogP contribution in [-0.4, -0.2) is 20.5 Å². The number of nitrogens with zero attached hydrogens (tertiary/aromatic N) is 4. The number of hydrogen-bond donors (Lipinski definition) is 1. The Bertz CT molecular complexity index is 912. The Morgan fingerprint density at radius 2 is 1.96 bits per heavy atom. The van der Waals surface area contributed by atoms with Crippen molar-refractivity contribution in [3.05, 3.63) is 59.4 Å². The van der Waals surface area contributed by atoms with Gasteiger partial charge in [-0.15, -0.1) is 10.2 Å². The fraction of sp³-hybridized carbons (Fsp3) is 0.176. The topological polar surface area (TPSA) is 79.3 Å². The quantitative estimate of drug-likeness (QED) is 0.729. The summed E-state index contributed by atoms with van der Waals surface area (Å²) in [5.74, 6) is -0.887. The van der Waals surface area contributed by atoms with Crippen LogP contribution in [0.3, 0.4) is 0 Å². The fourth-order valence-corrected chi connectivity index (χ4v) is 2.48. The second-order valence-corrected chi connectivity index (χ2v) is 5.13. The van der Waals surface area contributed by atoms with Crippen LogP contribution in [0.15, 0.2) is 52.7 Å². The van der Waals surface area contributed by atoms with Gasteiger partial charge in [0.15, 0.2) is 11.5 Å². The van der Waals surface area contributed by atoms with Crippen LogP contribution in [0.1, 0.15) is 28.7 Å². The third-order valence-electron chi connectivity index (χ3n) is 3.64. The number of rotatable bonds is 4. The molecule has 0 saturated carbocycles. The van der Waals surface area contributed by atoms with Crippen molar-refractivity contribution in [3.63, 3.8) is 0 Å². The summed E-state index contributed by atoms with van der Waals surface area (Å²) in [6, 6.07) is 13.1. The maximum atomic E-state index is 11.5. The van der Waals surface area contributed by atoms with E-state index in [0.717, 1.165) is 23.4 Å². The van der Waals surface area contributed by atoms with Crippen molar-refractivity contribution >= 4 is 23.1 Å². The van der Waals surface area contributed by atoms with Crippen LogP contribution in [-0.2, 0) is 6.42 Å². The maximum absolute atomic E-state index is 11.5. The number of imidazole rings is 1. The number of carbonyl (C=O) groups is 1. The Hall–Kier alpha value is -3.02. The van der Waals surface area contributed by atoms with Gasteiger partial charge < -0.3 is 5.11 Å². The number of aromatic nitrogens is 2. The first-order chi connectivity index (χ1) is 11.1. The van der Waals surface area contributed by atoms with Gasteiger partial charge in [0, 0.05) is 5.69 Å². The molecule has 0 unspecified atom stereocenters. The number of aryl methyl sites for hydroxylation is 2. The van der Waals surface area contributed by atoms with Crippen LogP contribution in [0.2, 0.25) is 0 Å². The predicted molar refractivity (Wildman–Crippen MR) is 86.9 cm³/mol. The fourth-order valence-electron chi connectivity index (χ4n) is 2.48. The Kier molecular flexibility index (Phi) is 3.89. The summed E-state index contributed by atoms with van der Waals surface area (Å²) < 4.78 is 1.70. The largest absolute Gasteiger partial charge is 0.476 e. The molecule has 3 rings (SSSR count). The highest BCUT2D eigenvalue weighted by atomic mass is 16.4. The molecule has 0 bridgehead atoms. The molecule has 0 atom stereocenters. The third-order valence-corrected chi connectivity index (χ3v) is 3.64. The molecular weight excluding hydrogens is 292 g/mol. The van der Waals surface area contributed by atoms with E-state index >= 15 is 0 Å². The van der Waals surface area contributed by atoms with E-state index in [1.807, 2.05) is 50.2 Å². The molecule has 23 heavy (non-hydrogen) atoms. The van der Waals surface area contributed by atoms with Crippen LogP contribution >= 0.6 is 0 Å². The van der Waals surface area contributed by atoms with Gasteiger partial charge in [-0.05, 0) is 37.1 Å². The standard InChI is InChI=1S/C17H16N4O2/c1-3-12-8-4-5-9-13(12)19-20-16-15(17(22)23)18-14-10-6-7-11(2)21(14)16/h4-10H,3H2,1-2H3,(H,22,23). The molecule has 0 fully saturated rings. The summed E-state index contributed by atoms with van der Waals surface area (Å²) in [6.07, 6.45) is 0.827. The molecule has 116 valence electrons. The molecule has 6 nitrogen and oxygen atoms in total. The van der Waals surface area contributed by atoms with E-state index < -0.39 is 5.97 Å². The lowest BCUT2D eigenvalue weighted by atomic mass is 10.1. The van der Waals surface area contributed by atoms with E-state index in [1.54, 1.807) is 10.5 Å². The lowest BCUT2D eigenvalue weighted by Crippen LogP contribution is -1.97. The van der Waals surface area contributed by atoms with Gasteiger partial charge in [0.25, 0.3) is 0 Å². The molecule has 0 amide bonds. The van der Waals surface area contributed by atoms with Crippen molar-refractivity contribution in [2.24, 2.45) is 10.2 Å². The van der Waals surface area contributed by atoms with Gasteiger partial charge >= 0.3 is 5.97 Å². The van der Waals surface area contributed by atoms with Gasteiger partial charge in [-0.2, -0.15) is 0 Å². The summed E-state index contributed by atoms with van der Waals surface area (Å²) in [6.45, 7) is 3.91. The predicted octanol–water partition coefficient (Wildman–Crippen LogP) is 4.32. The SMILES string of the molecule is CCc1ccccc1N=Nc1c(C(=O)O)nc2cccc(C)n12. The highest BCUT2D eigenvalue weighted by molar-refractivity contribution is 5.91. The molecule has 1 N–H and O–H groups in total. The molecule has 0 saturated heterocycles. The first-order valence-electron chi connectivity index (χ1n) is 7.33. The first kappa shape index (κ1) is 14.9. The summed E-state index contributed by atoms with van der Waals surface area (Å²) in [4.78, 5) is 15.6. The molecule has 0 radical (unpaired) electrons. The van der Waals surface area contributed by atoms with Gasteiger partial charge in [-0.3, -0.25) is 4.40 Å². The first-order valence-corrected chi connectivity index (χ1v) is 7.33. The summed E-state index contributed by atoms with van der Waals surface area (Å²) in [5.41, 5.74) is 3.07. The Balaban J connectivity index is 2.17. The van der Waals surface area contributed by atoms with E-state index in [4.69, 9.17) is 0 Å². The van der Waals surface area contributed by atoms with Crippen molar-refractivity contribution in [1.29, 1.82) is 0 Å². The number of benzene rings is 1. The van der Waals surface area contributed by atoms with Gasteiger partial charge in [0.05, 0.1) is 5.69 Å². The van der Waals surface area contributed by atoms with Gasteiger partial charge in [-0.1, -0.05) is 31.2 Å². The molecule has 0 aliphatic rings. The third kappa shape index (κ3) is 2.70. The number of fused-ring (bicyclic) bond motifs is 1. The monoisotopic (exact) mass is 308 g/mol. The number of azo groups is 1. The zero-order valence-corrected chi connectivity index (χ0v) is 12.9. The van der Waals surface area contributed by atoms with Crippen LogP contribution in [0.25, 0.3) is 5.65 Å². The van der Waals surface area contributed by atoms with Crippen molar-refractivity contribution in [2.75, 3.05) is 0 Å². The van der Waals surface area contributed by atoms with E-state index in [2.05, 4.69) is 15.2 Å². The molecular formula is C17H16N4O2. The second kappa shape index (κ2) is 6.00. The average molecular weight is 308 g/mol. The molecule has 1 aromatic carbocycles. The number of pyridine rings is 1. The lowest BCUT2D eigenvalue weighted by molar-refractivity contribution is 0.0692. The Labute approximate surface area is 133 Å². The molecule has 2 heterocycles. The zero-order chi connectivity index (χ0) is 16.4. The molecule has 0 aliphatic heterocycles. The summed E-state index contributed by atoms with van der Waals surface area (Å²) in [7, 11) is 0. The summed E-state index contributed by atoms with van der Waals surface area (Å²) >= 11 is 0. The van der Waals surface area contributed by atoms with E-state index in [-0.39, 0.29) is 11.5 Å². The number of carboxylic acids is 1. The normalized spacial score (nSPS) is 11.4. The minimum absolute atomic E-state index is 0.1000. The van der Waals surface area contributed by atoms with Crippen molar-refractivity contribution in [1.82, 2.24) is 9.38 Å². The molecule has 0 spiro atoms. The molecule has 6 heteroatoms. The zero-order valence-electron chi connectivity index (χ0n) is 12.9. The van der Waals surface area contributed by atoms with Crippen LogP contribution in [0.4, 0.5) is 11.5 Å². The molecule has 2 aromatic heterocycles. The average Bonchev–Trinajstić information content (AvgIpc) is 2.93. The van der Waals surface area contributed by atoms with Crippen molar-refractivity contribution in [2.45, 2.75) is 20.3 Å². The Morgan fingerprint density at radius 3 is 2.70 bits per heavy atom. The van der Waals surface area contributed by atoms with E-state index in [9.17, 15) is 9.90 Å². The van der Waals surface area contributed by atoms with Crippen LogP contribution < -0.4 is 0 Å². The number of carboxylic acid groups (broad SMARTS) is 1. The van der Waals surface area contributed by atoms with E-state index in [1.165, 1.54) is 0 Å². The minimum atomic E-state index is -1.12. The highest BCUT2D eigenvalue weighted by Gasteiger charge is 2.19. The van der Waals surface area contributed by atoms with Crippen LogP contribution in [0.5, 0.6) is 0 Å². The van der Waals surface area contributed by atoms with Crippen LogP contribution in [0, 0.1) is 6.92 Å². The number of hydrogen-bond acceptors (Lipinski definition) is 4.